The third-order valence-electron chi connectivity index (χ3n) is 4.44. The number of carbonyl (C=O) groups is 1. The number of rotatable bonds is 8. The van der Waals surface area contributed by atoms with Gasteiger partial charge in [-0.05, 0) is 54.4 Å². The van der Waals surface area contributed by atoms with Gasteiger partial charge in [0.25, 0.3) is 0 Å². The Hall–Kier alpha value is -1.25. The summed E-state index contributed by atoms with van der Waals surface area (Å²) >= 11 is 11.5. The van der Waals surface area contributed by atoms with Gasteiger partial charge in [-0.1, -0.05) is 68.3 Å². The molecule has 0 saturated heterocycles. The van der Waals surface area contributed by atoms with Crippen molar-refractivity contribution in [3.05, 3.63) is 57.6 Å². The first-order chi connectivity index (χ1) is 11.7. The lowest BCUT2D eigenvalue weighted by Crippen LogP contribution is -2.28. The van der Waals surface area contributed by atoms with Crippen molar-refractivity contribution < 1.29 is 9.53 Å². The van der Waals surface area contributed by atoms with Crippen LogP contribution in [0.15, 0.2) is 35.4 Å². The minimum atomic E-state index is -0.284. The lowest BCUT2D eigenvalue weighted by molar-refractivity contribution is -0.152. The molecule has 1 aromatic rings. The van der Waals surface area contributed by atoms with Gasteiger partial charge in [0, 0.05) is 0 Å². The maximum Gasteiger partial charge on any atom is 0.310 e. The lowest BCUT2D eigenvalue weighted by atomic mass is 9.84. The second kappa shape index (κ2) is 10.0. The van der Waals surface area contributed by atoms with Gasteiger partial charge in [0.05, 0.1) is 5.92 Å². The van der Waals surface area contributed by atoms with E-state index in [0.29, 0.717) is 0 Å². The Labute approximate surface area is 161 Å². The highest BCUT2D eigenvalue weighted by Gasteiger charge is 2.29. The summed E-state index contributed by atoms with van der Waals surface area (Å²) in [4.78, 5) is 12.6. The van der Waals surface area contributed by atoms with Gasteiger partial charge in [-0.3, -0.25) is 4.79 Å². The molecule has 2 unspecified atom stereocenters. The van der Waals surface area contributed by atoms with Crippen LogP contribution in [0.3, 0.4) is 0 Å². The van der Waals surface area contributed by atoms with Crippen LogP contribution in [0.2, 0.25) is 0 Å². The summed E-state index contributed by atoms with van der Waals surface area (Å²) in [5.41, 5.74) is 4.53. The Bertz CT molecular complexity index is 620. The van der Waals surface area contributed by atoms with E-state index >= 15 is 0 Å². The molecule has 25 heavy (non-hydrogen) atoms. The first-order valence-corrected chi connectivity index (χ1v) is 9.32. The first kappa shape index (κ1) is 21.8. The van der Waals surface area contributed by atoms with Gasteiger partial charge in [0.15, 0.2) is 0 Å². The average Bonchev–Trinajstić information content (AvgIpc) is 2.45. The fourth-order valence-electron chi connectivity index (χ4n) is 3.23. The molecule has 1 rings (SSSR count). The van der Waals surface area contributed by atoms with Crippen LogP contribution in [-0.2, 0) is 22.6 Å². The second-order valence-electron chi connectivity index (χ2n) is 6.89. The Balaban J connectivity index is 2.90. The maximum atomic E-state index is 12.6. The summed E-state index contributed by atoms with van der Waals surface area (Å²) in [6.07, 6.45) is 4.41. The number of carbonyl (C=O) groups excluding carboxylic acids is 1. The molecule has 0 aliphatic carbocycles. The van der Waals surface area contributed by atoms with E-state index in [9.17, 15) is 4.79 Å². The minimum absolute atomic E-state index is 0.0883. The molecular weight excluding hydrogens is 355 g/mol. The standard InChI is InChI=1S/C21H28Cl2O2/c1-7-8-17-9-14(4)18(15(5)10-17)12-25-21(24)20(13(2)3)16(6)11-19(22)23/h7,9-11,13,16,20H,1,8,12H2,2-6H3. The van der Waals surface area contributed by atoms with E-state index < -0.39 is 0 Å². The molecule has 0 spiro atoms. The van der Waals surface area contributed by atoms with E-state index in [-0.39, 0.29) is 34.8 Å². The summed E-state index contributed by atoms with van der Waals surface area (Å²) in [6.45, 7) is 14.1. The van der Waals surface area contributed by atoms with Crippen molar-refractivity contribution in [2.75, 3.05) is 0 Å². The molecule has 2 atom stereocenters. The van der Waals surface area contributed by atoms with Crippen LogP contribution >= 0.6 is 23.2 Å². The largest absolute Gasteiger partial charge is 0.461 e. The predicted octanol–water partition coefficient (Wildman–Crippen LogP) is 6.30. The van der Waals surface area contributed by atoms with Crippen molar-refractivity contribution in [3.8, 4) is 0 Å². The van der Waals surface area contributed by atoms with Gasteiger partial charge in [-0.2, -0.15) is 0 Å². The van der Waals surface area contributed by atoms with Crippen molar-refractivity contribution in [1.29, 1.82) is 0 Å². The third-order valence-corrected chi connectivity index (χ3v) is 4.69. The predicted molar refractivity (Wildman–Crippen MR) is 107 cm³/mol. The van der Waals surface area contributed by atoms with Gasteiger partial charge < -0.3 is 4.74 Å². The van der Waals surface area contributed by atoms with Crippen molar-refractivity contribution in [3.63, 3.8) is 0 Å². The molecular formula is C21H28Cl2O2. The molecule has 4 heteroatoms. The van der Waals surface area contributed by atoms with E-state index in [4.69, 9.17) is 27.9 Å². The molecule has 0 amide bonds. The quantitative estimate of drug-likeness (QED) is 0.389. The van der Waals surface area contributed by atoms with Gasteiger partial charge >= 0.3 is 5.97 Å². The topological polar surface area (TPSA) is 26.3 Å². The molecule has 138 valence electrons. The van der Waals surface area contributed by atoms with E-state index in [1.54, 1.807) is 6.08 Å². The number of allylic oxidation sites excluding steroid dienone is 2. The third kappa shape index (κ3) is 6.52. The Morgan fingerprint density at radius 2 is 1.76 bits per heavy atom. The zero-order valence-corrected chi connectivity index (χ0v) is 17.2. The summed E-state index contributed by atoms with van der Waals surface area (Å²) in [6, 6.07) is 4.24. The number of aryl methyl sites for hydroxylation is 2. The molecule has 0 aliphatic rings. The highest BCUT2D eigenvalue weighted by Crippen LogP contribution is 2.27. The van der Waals surface area contributed by atoms with Crippen LogP contribution in [0.1, 0.15) is 43.0 Å². The summed E-state index contributed by atoms with van der Waals surface area (Å²) in [5.74, 6) is -0.464. The van der Waals surface area contributed by atoms with Gasteiger partial charge in [0.2, 0.25) is 0 Å². The van der Waals surface area contributed by atoms with Crippen molar-refractivity contribution in [1.82, 2.24) is 0 Å². The fraction of sp³-hybridized carbons (Fsp3) is 0.476. The zero-order valence-electron chi connectivity index (χ0n) is 15.7. The Kier molecular flexibility index (Phi) is 8.75. The van der Waals surface area contributed by atoms with Crippen LogP contribution in [0.5, 0.6) is 0 Å². The average molecular weight is 383 g/mol. The highest BCUT2D eigenvalue weighted by atomic mass is 35.5. The van der Waals surface area contributed by atoms with E-state index in [1.165, 1.54) is 5.56 Å². The van der Waals surface area contributed by atoms with Crippen LogP contribution < -0.4 is 0 Å². The number of halogens is 2. The molecule has 0 fully saturated rings. The maximum absolute atomic E-state index is 12.6. The minimum Gasteiger partial charge on any atom is -0.461 e. The van der Waals surface area contributed by atoms with Crippen LogP contribution in [0.25, 0.3) is 0 Å². The molecule has 0 radical (unpaired) electrons. The molecule has 0 N–H and O–H groups in total. The fourth-order valence-corrected chi connectivity index (χ4v) is 3.63. The number of ether oxygens (including phenoxy) is 1. The van der Waals surface area contributed by atoms with Crippen LogP contribution in [0, 0.1) is 31.6 Å². The number of hydrogen-bond acceptors (Lipinski definition) is 2. The number of esters is 1. The normalized spacial score (nSPS) is 13.3. The monoisotopic (exact) mass is 382 g/mol. The van der Waals surface area contributed by atoms with Gasteiger partial charge in [-0.25, -0.2) is 0 Å². The lowest BCUT2D eigenvalue weighted by Gasteiger charge is -2.24. The van der Waals surface area contributed by atoms with Crippen molar-refractivity contribution >= 4 is 29.2 Å². The molecule has 0 bridgehead atoms. The van der Waals surface area contributed by atoms with E-state index in [2.05, 4.69) is 18.7 Å². The van der Waals surface area contributed by atoms with E-state index in [0.717, 1.165) is 23.1 Å². The Morgan fingerprint density at radius 3 is 2.20 bits per heavy atom. The van der Waals surface area contributed by atoms with Gasteiger partial charge in [-0.15, -0.1) is 6.58 Å². The van der Waals surface area contributed by atoms with E-state index in [1.807, 2.05) is 40.7 Å². The van der Waals surface area contributed by atoms with Crippen molar-refractivity contribution in [2.45, 2.75) is 47.6 Å². The molecule has 1 aromatic carbocycles. The zero-order chi connectivity index (χ0) is 19.1. The number of hydrogen-bond donors (Lipinski definition) is 0. The van der Waals surface area contributed by atoms with Gasteiger partial charge in [0.1, 0.15) is 11.1 Å². The van der Waals surface area contributed by atoms with Crippen LogP contribution in [-0.4, -0.2) is 5.97 Å². The SMILES string of the molecule is C=CCc1cc(C)c(COC(=O)C(C(C)C)C(C)C=C(Cl)Cl)c(C)c1. The summed E-state index contributed by atoms with van der Waals surface area (Å²) in [5, 5.41) is 0. The highest BCUT2D eigenvalue weighted by molar-refractivity contribution is 6.55. The first-order valence-electron chi connectivity index (χ1n) is 8.56. The summed E-state index contributed by atoms with van der Waals surface area (Å²) < 4.78 is 5.82. The second-order valence-corrected chi connectivity index (χ2v) is 7.90. The molecule has 0 aromatic heterocycles. The molecule has 2 nitrogen and oxygen atoms in total. The Morgan fingerprint density at radius 1 is 1.20 bits per heavy atom. The van der Waals surface area contributed by atoms with Crippen LogP contribution in [0.4, 0.5) is 0 Å². The summed E-state index contributed by atoms with van der Waals surface area (Å²) in [7, 11) is 0. The van der Waals surface area contributed by atoms with Crippen molar-refractivity contribution in [2.24, 2.45) is 17.8 Å². The smallest absolute Gasteiger partial charge is 0.310 e. The molecule has 0 aliphatic heterocycles. The molecule has 0 saturated carbocycles. The molecule has 0 heterocycles. The number of benzene rings is 1.